The summed E-state index contributed by atoms with van der Waals surface area (Å²) in [5.74, 6) is 1.66. The Morgan fingerprint density at radius 2 is 2.05 bits per heavy atom. The minimum atomic E-state index is 0.470. The minimum Gasteiger partial charge on any atom is -0.492 e. The van der Waals surface area contributed by atoms with Crippen molar-refractivity contribution in [2.24, 2.45) is 5.92 Å². The predicted octanol–water partition coefficient (Wildman–Crippen LogP) is 5.12. The number of ether oxygens (including phenoxy) is 1. The van der Waals surface area contributed by atoms with Gasteiger partial charge in [0.2, 0.25) is 0 Å². The van der Waals surface area contributed by atoms with Crippen LogP contribution in [0.1, 0.15) is 46.0 Å². The average Bonchev–Trinajstić information content (AvgIpc) is 2.43. The van der Waals surface area contributed by atoms with Crippen LogP contribution >= 0.6 is 11.6 Å². The smallest absolute Gasteiger partial charge is 0.142 e. The first-order valence-corrected chi connectivity index (χ1v) is 7.77. The Morgan fingerprint density at radius 3 is 2.74 bits per heavy atom. The Labute approximate surface area is 121 Å². The van der Waals surface area contributed by atoms with Gasteiger partial charge in [-0.2, -0.15) is 0 Å². The van der Waals surface area contributed by atoms with Gasteiger partial charge in [0.1, 0.15) is 5.75 Å². The highest BCUT2D eigenvalue weighted by molar-refractivity contribution is 6.30. The van der Waals surface area contributed by atoms with Crippen molar-refractivity contribution in [3.8, 4) is 5.75 Å². The third kappa shape index (κ3) is 4.04. The molecular formula is C16H24ClNO. The normalized spacial score (nSPS) is 18.1. The molecule has 0 aromatic heterocycles. The van der Waals surface area contributed by atoms with Crippen LogP contribution < -0.4 is 10.1 Å². The topological polar surface area (TPSA) is 21.3 Å². The first-order valence-electron chi connectivity index (χ1n) is 7.39. The molecule has 1 unspecified atom stereocenters. The number of rotatable bonds is 5. The molecule has 2 rings (SSSR count). The molecule has 0 spiro atoms. The van der Waals surface area contributed by atoms with Crippen LogP contribution in [-0.4, -0.2) is 12.6 Å². The van der Waals surface area contributed by atoms with Crippen molar-refractivity contribution in [3.05, 3.63) is 23.2 Å². The highest BCUT2D eigenvalue weighted by Crippen LogP contribution is 2.32. The Balaban J connectivity index is 2.05. The highest BCUT2D eigenvalue weighted by Gasteiger charge is 2.20. The van der Waals surface area contributed by atoms with E-state index in [0.29, 0.717) is 12.6 Å². The van der Waals surface area contributed by atoms with Crippen molar-refractivity contribution >= 4 is 17.3 Å². The van der Waals surface area contributed by atoms with Crippen LogP contribution in [0.5, 0.6) is 5.75 Å². The van der Waals surface area contributed by atoms with E-state index in [4.69, 9.17) is 16.3 Å². The second-order valence-corrected chi connectivity index (χ2v) is 5.84. The zero-order valence-electron chi connectivity index (χ0n) is 11.9. The first-order chi connectivity index (χ1) is 9.20. The first kappa shape index (κ1) is 14.5. The Bertz CT molecular complexity index is 402. The molecule has 1 N–H and O–H groups in total. The van der Waals surface area contributed by atoms with Gasteiger partial charge >= 0.3 is 0 Å². The summed E-state index contributed by atoms with van der Waals surface area (Å²) in [7, 11) is 0. The highest BCUT2D eigenvalue weighted by atomic mass is 35.5. The monoisotopic (exact) mass is 281 g/mol. The van der Waals surface area contributed by atoms with Crippen molar-refractivity contribution in [2.45, 2.75) is 52.0 Å². The summed E-state index contributed by atoms with van der Waals surface area (Å²) in [6.07, 6.45) is 6.79. The molecule has 1 fully saturated rings. The fraction of sp³-hybridized carbons (Fsp3) is 0.625. The summed E-state index contributed by atoms with van der Waals surface area (Å²) in [6, 6.07) is 6.26. The fourth-order valence-corrected chi connectivity index (χ4v) is 3.07. The van der Waals surface area contributed by atoms with E-state index in [1.54, 1.807) is 0 Å². The lowest BCUT2D eigenvalue weighted by atomic mass is 9.84. The molecule has 1 aromatic rings. The molecule has 2 nitrogen and oxygen atoms in total. The average molecular weight is 282 g/mol. The van der Waals surface area contributed by atoms with E-state index >= 15 is 0 Å². The SMILES string of the molecule is CCOc1ccc(Cl)cc1NC(C)C1CCCCC1. The van der Waals surface area contributed by atoms with Gasteiger partial charge in [0, 0.05) is 11.1 Å². The quantitative estimate of drug-likeness (QED) is 0.809. The van der Waals surface area contributed by atoms with Gasteiger partial charge in [0.25, 0.3) is 0 Å². The van der Waals surface area contributed by atoms with Gasteiger partial charge in [-0.25, -0.2) is 0 Å². The van der Waals surface area contributed by atoms with Crippen LogP contribution in [0, 0.1) is 5.92 Å². The number of hydrogen-bond donors (Lipinski definition) is 1. The van der Waals surface area contributed by atoms with E-state index < -0.39 is 0 Å². The summed E-state index contributed by atoms with van der Waals surface area (Å²) in [6.45, 7) is 4.95. The Hall–Kier alpha value is -0.890. The van der Waals surface area contributed by atoms with Crippen LogP contribution in [0.25, 0.3) is 0 Å². The summed E-state index contributed by atoms with van der Waals surface area (Å²) in [5.41, 5.74) is 1.02. The van der Waals surface area contributed by atoms with Crippen LogP contribution in [-0.2, 0) is 0 Å². The van der Waals surface area contributed by atoms with Crippen molar-refractivity contribution in [1.29, 1.82) is 0 Å². The lowest BCUT2D eigenvalue weighted by Crippen LogP contribution is -2.27. The van der Waals surface area contributed by atoms with Crippen LogP contribution in [0.3, 0.4) is 0 Å². The molecule has 1 aromatic carbocycles. The van der Waals surface area contributed by atoms with Gasteiger partial charge < -0.3 is 10.1 Å². The molecular weight excluding hydrogens is 258 g/mol. The molecule has 3 heteroatoms. The molecule has 0 heterocycles. The largest absolute Gasteiger partial charge is 0.492 e. The van der Waals surface area contributed by atoms with Crippen LogP contribution in [0.15, 0.2) is 18.2 Å². The van der Waals surface area contributed by atoms with Gasteiger partial charge in [-0.05, 0) is 50.8 Å². The van der Waals surface area contributed by atoms with E-state index in [9.17, 15) is 0 Å². The van der Waals surface area contributed by atoms with Gasteiger partial charge in [0.05, 0.1) is 12.3 Å². The third-order valence-electron chi connectivity index (χ3n) is 3.98. The number of halogens is 1. The van der Waals surface area contributed by atoms with Gasteiger partial charge in [-0.1, -0.05) is 30.9 Å². The molecule has 1 aliphatic carbocycles. The molecule has 0 radical (unpaired) electrons. The molecule has 1 saturated carbocycles. The van der Waals surface area contributed by atoms with Gasteiger partial charge in [0.15, 0.2) is 0 Å². The standard InChI is InChI=1S/C16H24ClNO/c1-3-19-16-10-9-14(17)11-15(16)18-12(2)13-7-5-4-6-8-13/h9-13,18H,3-8H2,1-2H3. The summed E-state index contributed by atoms with van der Waals surface area (Å²) < 4.78 is 5.66. The molecule has 0 bridgehead atoms. The lowest BCUT2D eigenvalue weighted by Gasteiger charge is -2.29. The fourth-order valence-electron chi connectivity index (χ4n) is 2.89. The predicted molar refractivity (Wildman–Crippen MR) is 82.3 cm³/mol. The summed E-state index contributed by atoms with van der Waals surface area (Å²) >= 11 is 6.09. The van der Waals surface area contributed by atoms with Gasteiger partial charge in [-0.15, -0.1) is 0 Å². The number of hydrogen-bond acceptors (Lipinski definition) is 2. The van der Waals surface area contributed by atoms with E-state index in [-0.39, 0.29) is 0 Å². The second-order valence-electron chi connectivity index (χ2n) is 5.40. The number of nitrogens with one attached hydrogen (secondary N) is 1. The molecule has 0 aliphatic heterocycles. The second kappa shape index (κ2) is 7.04. The molecule has 0 amide bonds. The van der Waals surface area contributed by atoms with E-state index in [1.807, 2.05) is 25.1 Å². The van der Waals surface area contributed by atoms with Crippen molar-refractivity contribution in [1.82, 2.24) is 0 Å². The zero-order chi connectivity index (χ0) is 13.7. The third-order valence-corrected chi connectivity index (χ3v) is 4.22. The molecule has 0 saturated heterocycles. The molecule has 106 valence electrons. The zero-order valence-corrected chi connectivity index (χ0v) is 12.7. The molecule has 1 aliphatic rings. The maximum atomic E-state index is 6.09. The Morgan fingerprint density at radius 1 is 1.32 bits per heavy atom. The van der Waals surface area contributed by atoms with E-state index in [1.165, 1.54) is 32.1 Å². The molecule has 19 heavy (non-hydrogen) atoms. The van der Waals surface area contributed by atoms with Crippen LogP contribution in [0.2, 0.25) is 5.02 Å². The minimum absolute atomic E-state index is 0.470. The number of anilines is 1. The maximum Gasteiger partial charge on any atom is 0.142 e. The van der Waals surface area contributed by atoms with E-state index in [2.05, 4.69) is 12.2 Å². The van der Waals surface area contributed by atoms with Crippen molar-refractivity contribution < 1.29 is 4.74 Å². The number of benzene rings is 1. The van der Waals surface area contributed by atoms with Crippen molar-refractivity contribution in [2.75, 3.05) is 11.9 Å². The maximum absolute atomic E-state index is 6.09. The van der Waals surface area contributed by atoms with Crippen LogP contribution in [0.4, 0.5) is 5.69 Å². The van der Waals surface area contributed by atoms with E-state index in [0.717, 1.165) is 22.4 Å². The summed E-state index contributed by atoms with van der Waals surface area (Å²) in [5, 5.41) is 4.35. The Kier molecular flexibility index (Phi) is 5.38. The molecule has 1 atom stereocenters. The lowest BCUT2D eigenvalue weighted by molar-refractivity contribution is 0.324. The van der Waals surface area contributed by atoms with Crippen molar-refractivity contribution in [3.63, 3.8) is 0 Å². The summed E-state index contributed by atoms with van der Waals surface area (Å²) in [4.78, 5) is 0. The van der Waals surface area contributed by atoms with Gasteiger partial charge in [-0.3, -0.25) is 0 Å².